The maximum atomic E-state index is 5.95. The SMILES string of the molecule is ClC(Cl)(Cl)c1ccc(C(=C2C=CC=C2)c2ccc(C(Cl)(Cl)Cl)cc2)cc1. The minimum atomic E-state index is -1.45. The Hall–Kier alpha value is -0.600. The third-order valence-electron chi connectivity index (χ3n) is 3.95. The zero-order chi connectivity index (χ0) is 18.9. The normalized spacial score (nSPS) is 14.2. The summed E-state index contributed by atoms with van der Waals surface area (Å²) in [5.41, 5.74) is 5.33. The van der Waals surface area contributed by atoms with Gasteiger partial charge in [-0.05, 0) is 22.3 Å². The van der Waals surface area contributed by atoms with E-state index >= 15 is 0 Å². The van der Waals surface area contributed by atoms with Gasteiger partial charge in [-0.15, -0.1) is 0 Å². The molecule has 134 valence electrons. The van der Waals surface area contributed by atoms with Crippen LogP contribution in [0.15, 0.2) is 78.4 Å². The number of rotatable bonds is 2. The van der Waals surface area contributed by atoms with Gasteiger partial charge in [-0.2, -0.15) is 0 Å². The van der Waals surface area contributed by atoms with Crippen LogP contribution in [0.1, 0.15) is 22.3 Å². The molecule has 0 nitrogen and oxygen atoms in total. The van der Waals surface area contributed by atoms with E-state index in [0.717, 1.165) is 22.3 Å². The van der Waals surface area contributed by atoms with E-state index in [2.05, 4.69) is 0 Å². The van der Waals surface area contributed by atoms with Gasteiger partial charge in [0.1, 0.15) is 0 Å². The first-order chi connectivity index (χ1) is 12.2. The molecule has 0 fully saturated rings. The molecule has 2 aromatic rings. The average Bonchev–Trinajstić information content (AvgIpc) is 3.08. The second kappa shape index (κ2) is 7.80. The first kappa shape index (κ1) is 20.1. The smallest absolute Gasteiger partial charge is 0.0784 e. The molecule has 1 aliphatic rings. The summed E-state index contributed by atoms with van der Waals surface area (Å²) in [6, 6.07) is 15.0. The zero-order valence-corrected chi connectivity index (χ0v) is 17.7. The van der Waals surface area contributed by atoms with Gasteiger partial charge in [-0.25, -0.2) is 0 Å². The highest BCUT2D eigenvalue weighted by molar-refractivity contribution is 6.67. The van der Waals surface area contributed by atoms with Crippen LogP contribution in [0.3, 0.4) is 0 Å². The fourth-order valence-electron chi connectivity index (χ4n) is 2.69. The van der Waals surface area contributed by atoms with E-state index in [-0.39, 0.29) is 0 Å². The average molecular weight is 465 g/mol. The van der Waals surface area contributed by atoms with E-state index < -0.39 is 7.59 Å². The number of benzene rings is 2. The summed E-state index contributed by atoms with van der Waals surface area (Å²) in [6.07, 6.45) is 8.06. The van der Waals surface area contributed by atoms with Crippen LogP contribution in [-0.4, -0.2) is 0 Å². The van der Waals surface area contributed by atoms with Crippen molar-refractivity contribution in [3.63, 3.8) is 0 Å². The summed E-state index contributed by atoms with van der Waals surface area (Å²) in [4.78, 5) is 0. The molecule has 0 aromatic heterocycles. The van der Waals surface area contributed by atoms with Gasteiger partial charge in [-0.3, -0.25) is 0 Å². The molecule has 0 spiro atoms. The van der Waals surface area contributed by atoms with Gasteiger partial charge in [0.2, 0.25) is 7.59 Å². The van der Waals surface area contributed by atoms with Crippen molar-refractivity contribution in [2.45, 2.75) is 7.59 Å². The maximum Gasteiger partial charge on any atom is 0.216 e. The van der Waals surface area contributed by atoms with Crippen LogP contribution < -0.4 is 0 Å². The minimum absolute atomic E-state index is 0.611. The van der Waals surface area contributed by atoms with Gasteiger partial charge < -0.3 is 0 Å². The fraction of sp³-hybridized carbons (Fsp3) is 0.100. The summed E-state index contributed by atoms with van der Waals surface area (Å²) in [6.45, 7) is 0. The third-order valence-corrected chi connectivity index (χ3v) is 5.26. The Balaban J connectivity index is 2.07. The summed E-state index contributed by atoms with van der Waals surface area (Å²) in [5, 5.41) is 0. The molecule has 0 N–H and O–H groups in total. The van der Waals surface area contributed by atoms with E-state index in [4.69, 9.17) is 69.6 Å². The lowest BCUT2D eigenvalue weighted by Gasteiger charge is -2.16. The van der Waals surface area contributed by atoms with Crippen molar-refractivity contribution in [2.75, 3.05) is 0 Å². The molecule has 26 heavy (non-hydrogen) atoms. The third kappa shape index (κ3) is 4.62. The maximum absolute atomic E-state index is 5.95. The molecule has 0 radical (unpaired) electrons. The van der Waals surface area contributed by atoms with Gasteiger partial charge in [0.05, 0.1) is 0 Å². The molecule has 1 aliphatic carbocycles. The van der Waals surface area contributed by atoms with Crippen molar-refractivity contribution in [1.82, 2.24) is 0 Å². The van der Waals surface area contributed by atoms with Crippen molar-refractivity contribution in [3.8, 4) is 0 Å². The van der Waals surface area contributed by atoms with E-state index in [0.29, 0.717) is 11.1 Å². The molecule has 0 unspecified atom stereocenters. The van der Waals surface area contributed by atoms with Crippen LogP contribution in [0.25, 0.3) is 5.57 Å². The van der Waals surface area contributed by atoms with Crippen molar-refractivity contribution in [2.24, 2.45) is 0 Å². The van der Waals surface area contributed by atoms with Crippen LogP contribution in [-0.2, 0) is 7.59 Å². The molecule has 0 atom stereocenters. The van der Waals surface area contributed by atoms with Crippen molar-refractivity contribution >= 4 is 75.2 Å². The van der Waals surface area contributed by atoms with Gasteiger partial charge >= 0.3 is 0 Å². The monoisotopic (exact) mass is 462 g/mol. The Labute approximate surface area is 182 Å². The van der Waals surface area contributed by atoms with E-state index in [1.165, 1.54) is 0 Å². The van der Waals surface area contributed by atoms with Crippen molar-refractivity contribution < 1.29 is 0 Å². The lowest BCUT2D eigenvalue weighted by atomic mass is 9.92. The van der Waals surface area contributed by atoms with Gasteiger partial charge in [0.15, 0.2) is 0 Å². The van der Waals surface area contributed by atoms with Gasteiger partial charge in [0.25, 0.3) is 0 Å². The largest absolute Gasteiger partial charge is 0.216 e. The number of allylic oxidation sites excluding steroid dienone is 5. The van der Waals surface area contributed by atoms with Crippen LogP contribution in [0.2, 0.25) is 0 Å². The highest BCUT2D eigenvalue weighted by Gasteiger charge is 2.24. The molecule has 2 aromatic carbocycles. The summed E-state index contributed by atoms with van der Waals surface area (Å²) in [7, 11) is 0. The first-order valence-electron chi connectivity index (χ1n) is 7.60. The molecule has 0 aliphatic heterocycles. The molecule has 0 bridgehead atoms. The molecule has 0 saturated carbocycles. The summed E-state index contributed by atoms with van der Waals surface area (Å²) < 4.78 is -2.91. The zero-order valence-electron chi connectivity index (χ0n) is 13.2. The second-order valence-electron chi connectivity index (χ2n) is 5.70. The molecule has 6 heteroatoms. The Kier molecular flexibility index (Phi) is 6.04. The van der Waals surface area contributed by atoms with Crippen molar-refractivity contribution in [1.29, 1.82) is 0 Å². The highest BCUT2D eigenvalue weighted by Crippen LogP contribution is 2.41. The fourth-order valence-corrected chi connectivity index (χ4v) is 3.45. The minimum Gasteiger partial charge on any atom is -0.0784 e. The second-order valence-corrected chi connectivity index (χ2v) is 10.3. The lowest BCUT2D eigenvalue weighted by molar-refractivity contribution is 1.23. The number of alkyl halides is 6. The predicted octanol–water partition coefficient (Wildman–Crippen LogP) is 8.27. The molecular weight excluding hydrogens is 453 g/mol. The van der Waals surface area contributed by atoms with Gasteiger partial charge in [-0.1, -0.05) is 142 Å². The molecule has 3 rings (SSSR count). The van der Waals surface area contributed by atoms with Crippen LogP contribution >= 0.6 is 69.6 Å². The number of hydrogen-bond acceptors (Lipinski definition) is 0. The van der Waals surface area contributed by atoms with Crippen molar-refractivity contribution in [3.05, 3.63) is 101 Å². The molecule has 0 amide bonds. The van der Waals surface area contributed by atoms with E-state index in [9.17, 15) is 0 Å². The van der Waals surface area contributed by atoms with Crippen LogP contribution in [0, 0.1) is 0 Å². The van der Waals surface area contributed by atoms with Gasteiger partial charge in [0, 0.05) is 11.1 Å². The Morgan fingerprint density at radius 2 is 0.885 bits per heavy atom. The van der Waals surface area contributed by atoms with E-state index in [1.807, 2.05) is 48.6 Å². The molecule has 0 saturated heterocycles. The van der Waals surface area contributed by atoms with Crippen LogP contribution in [0.4, 0.5) is 0 Å². The first-order valence-corrected chi connectivity index (χ1v) is 9.87. The van der Waals surface area contributed by atoms with Crippen LogP contribution in [0.5, 0.6) is 0 Å². The summed E-state index contributed by atoms with van der Waals surface area (Å²) >= 11 is 35.7. The number of halogens is 6. The Morgan fingerprint density at radius 3 is 1.19 bits per heavy atom. The summed E-state index contributed by atoms with van der Waals surface area (Å²) in [5.74, 6) is 0. The topological polar surface area (TPSA) is 0 Å². The quantitative estimate of drug-likeness (QED) is 0.392. The highest BCUT2D eigenvalue weighted by atomic mass is 35.6. The lowest BCUT2D eigenvalue weighted by Crippen LogP contribution is -2.01. The predicted molar refractivity (Wildman–Crippen MR) is 116 cm³/mol. The standard InChI is InChI=1S/C20H12Cl6/c21-19(22,23)16-9-5-14(6-10-16)18(13-3-1-2-4-13)15-7-11-17(12-8-15)20(24,25)26/h1-12H. The molecule has 0 heterocycles. The Morgan fingerprint density at radius 1 is 0.538 bits per heavy atom. The number of hydrogen-bond donors (Lipinski definition) is 0. The Bertz CT molecular complexity index is 802. The van der Waals surface area contributed by atoms with E-state index in [1.54, 1.807) is 24.3 Å². The molecular formula is C20H12Cl6.